The quantitative estimate of drug-likeness (QED) is 0.469. The highest BCUT2D eigenvalue weighted by Gasteiger charge is 2.18. The van der Waals surface area contributed by atoms with Gasteiger partial charge in [0, 0.05) is 6.42 Å². The molecule has 1 rings (SSSR count). The van der Waals surface area contributed by atoms with Gasteiger partial charge in [-0.15, -0.1) is 0 Å². The van der Waals surface area contributed by atoms with Crippen molar-refractivity contribution in [2.45, 2.75) is 33.1 Å². The Morgan fingerprint density at radius 1 is 1.60 bits per heavy atom. The Morgan fingerprint density at radius 3 is 2.80 bits per heavy atom. The highest BCUT2D eigenvalue weighted by molar-refractivity contribution is 5.95. The lowest BCUT2D eigenvalue weighted by Gasteiger charge is -2.18. The van der Waals surface area contributed by atoms with Gasteiger partial charge in [-0.3, -0.25) is 4.79 Å². The van der Waals surface area contributed by atoms with Crippen molar-refractivity contribution >= 4 is 5.78 Å². The predicted molar refractivity (Wildman–Crippen MR) is 41.8 cm³/mol. The fraction of sp³-hybridized carbons (Fsp3) is 0.667. The van der Waals surface area contributed by atoms with Gasteiger partial charge in [-0.1, -0.05) is 13.0 Å². The third kappa shape index (κ3) is 1.47. The van der Waals surface area contributed by atoms with Crippen LogP contribution in [0.5, 0.6) is 0 Å². The van der Waals surface area contributed by atoms with Crippen LogP contribution in [0.25, 0.3) is 0 Å². The zero-order valence-electron chi connectivity index (χ0n) is 6.68. The molecule has 0 heterocycles. The molecule has 0 aromatic carbocycles. The van der Waals surface area contributed by atoms with E-state index in [-0.39, 0.29) is 0 Å². The maximum atomic E-state index is 11.1. The first-order chi connectivity index (χ1) is 4.74. The van der Waals surface area contributed by atoms with E-state index in [4.69, 9.17) is 0 Å². The molecule has 0 N–H and O–H groups in total. The second-order valence-electron chi connectivity index (χ2n) is 3.09. The van der Waals surface area contributed by atoms with Crippen molar-refractivity contribution in [2.24, 2.45) is 5.92 Å². The highest BCUT2D eigenvalue weighted by Crippen LogP contribution is 2.24. The van der Waals surface area contributed by atoms with E-state index >= 15 is 0 Å². The van der Waals surface area contributed by atoms with Gasteiger partial charge in [0.2, 0.25) is 0 Å². The first-order valence-corrected chi connectivity index (χ1v) is 3.92. The molecule has 1 aliphatic rings. The summed E-state index contributed by atoms with van der Waals surface area (Å²) < 4.78 is 0. The van der Waals surface area contributed by atoms with Crippen molar-refractivity contribution in [1.82, 2.24) is 0 Å². The fourth-order valence-corrected chi connectivity index (χ4v) is 1.41. The van der Waals surface area contributed by atoms with Gasteiger partial charge in [-0.25, -0.2) is 0 Å². The standard InChI is InChI=1S/C9H14O/c1-3-8-6-7(2)4-5-9(8)10/h3,7H,4-6H2,1-2H3/b8-3-. The molecule has 0 aromatic heterocycles. The van der Waals surface area contributed by atoms with Crippen LogP contribution >= 0.6 is 0 Å². The molecule has 0 aromatic rings. The Kier molecular flexibility index (Phi) is 2.25. The van der Waals surface area contributed by atoms with Crippen LogP contribution in [0.15, 0.2) is 11.6 Å². The smallest absolute Gasteiger partial charge is 0.158 e. The topological polar surface area (TPSA) is 17.1 Å². The summed E-state index contributed by atoms with van der Waals surface area (Å²) in [6.07, 6.45) is 4.80. The highest BCUT2D eigenvalue weighted by atomic mass is 16.1. The van der Waals surface area contributed by atoms with E-state index in [9.17, 15) is 4.79 Å². The molecule has 0 bridgehead atoms. The summed E-state index contributed by atoms with van der Waals surface area (Å²) in [5.41, 5.74) is 1.04. The molecule has 56 valence electrons. The number of rotatable bonds is 0. The molecule has 0 aliphatic heterocycles. The SMILES string of the molecule is C/C=C1/CC(C)CCC1=O. The molecule has 0 spiro atoms. The molecule has 1 aliphatic carbocycles. The number of hydrogen-bond acceptors (Lipinski definition) is 1. The van der Waals surface area contributed by atoms with Crippen LogP contribution in [0.4, 0.5) is 0 Å². The van der Waals surface area contributed by atoms with E-state index in [1.807, 2.05) is 13.0 Å². The van der Waals surface area contributed by atoms with Crippen molar-refractivity contribution in [3.05, 3.63) is 11.6 Å². The molecule has 1 unspecified atom stereocenters. The Morgan fingerprint density at radius 2 is 2.30 bits per heavy atom. The van der Waals surface area contributed by atoms with Crippen LogP contribution in [-0.4, -0.2) is 5.78 Å². The molecule has 0 radical (unpaired) electrons. The molecular formula is C9H14O. The van der Waals surface area contributed by atoms with E-state index in [0.29, 0.717) is 11.7 Å². The lowest BCUT2D eigenvalue weighted by molar-refractivity contribution is -0.116. The Balaban J connectivity index is 2.63. The third-order valence-corrected chi connectivity index (χ3v) is 2.14. The van der Waals surface area contributed by atoms with Crippen LogP contribution in [0.2, 0.25) is 0 Å². The minimum atomic E-state index is 0.362. The van der Waals surface area contributed by atoms with Crippen LogP contribution in [0.3, 0.4) is 0 Å². The van der Waals surface area contributed by atoms with E-state index in [0.717, 1.165) is 24.8 Å². The number of carbonyl (C=O) groups is 1. The van der Waals surface area contributed by atoms with Crippen LogP contribution in [-0.2, 0) is 4.79 Å². The summed E-state index contributed by atoms with van der Waals surface area (Å²) in [6.45, 7) is 4.15. The molecule has 10 heavy (non-hydrogen) atoms. The van der Waals surface area contributed by atoms with Crippen LogP contribution < -0.4 is 0 Å². The zero-order chi connectivity index (χ0) is 7.56. The first kappa shape index (κ1) is 7.52. The summed E-state index contributed by atoms with van der Waals surface area (Å²) in [7, 11) is 0. The van der Waals surface area contributed by atoms with Gasteiger partial charge in [0.05, 0.1) is 0 Å². The van der Waals surface area contributed by atoms with Crippen LogP contribution in [0, 0.1) is 5.92 Å². The van der Waals surface area contributed by atoms with Crippen molar-refractivity contribution in [3.8, 4) is 0 Å². The van der Waals surface area contributed by atoms with Gasteiger partial charge in [-0.2, -0.15) is 0 Å². The fourth-order valence-electron chi connectivity index (χ4n) is 1.41. The summed E-state index contributed by atoms with van der Waals surface area (Å²) in [5, 5.41) is 0. The zero-order valence-corrected chi connectivity index (χ0v) is 6.68. The number of carbonyl (C=O) groups excluding carboxylic acids is 1. The Labute approximate surface area is 62.1 Å². The number of allylic oxidation sites excluding steroid dienone is 2. The van der Waals surface area contributed by atoms with Gasteiger partial charge in [0.25, 0.3) is 0 Å². The molecule has 0 amide bonds. The predicted octanol–water partition coefficient (Wildman–Crippen LogP) is 2.32. The molecule has 1 heteroatoms. The lowest BCUT2D eigenvalue weighted by atomic mass is 9.86. The second-order valence-corrected chi connectivity index (χ2v) is 3.09. The van der Waals surface area contributed by atoms with Gasteiger partial charge in [0.1, 0.15) is 0 Å². The van der Waals surface area contributed by atoms with Crippen molar-refractivity contribution in [2.75, 3.05) is 0 Å². The number of hydrogen-bond donors (Lipinski definition) is 0. The largest absolute Gasteiger partial charge is 0.295 e. The Hall–Kier alpha value is -0.590. The molecule has 1 fully saturated rings. The minimum absolute atomic E-state index is 0.362. The van der Waals surface area contributed by atoms with E-state index in [1.165, 1.54) is 0 Å². The van der Waals surface area contributed by atoms with Gasteiger partial charge >= 0.3 is 0 Å². The average molecular weight is 138 g/mol. The molecule has 1 atom stereocenters. The second kappa shape index (κ2) is 3.00. The third-order valence-electron chi connectivity index (χ3n) is 2.14. The van der Waals surface area contributed by atoms with Gasteiger partial charge in [-0.05, 0) is 31.3 Å². The van der Waals surface area contributed by atoms with E-state index < -0.39 is 0 Å². The van der Waals surface area contributed by atoms with E-state index in [1.54, 1.807) is 0 Å². The molecular weight excluding hydrogens is 124 g/mol. The van der Waals surface area contributed by atoms with Crippen molar-refractivity contribution in [3.63, 3.8) is 0 Å². The maximum absolute atomic E-state index is 11.1. The van der Waals surface area contributed by atoms with Crippen molar-refractivity contribution in [1.29, 1.82) is 0 Å². The number of Topliss-reactive ketones (excluding diaryl/α,β-unsaturated/α-hetero) is 1. The van der Waals surface area contributed by atoms with Crippen LogP contribution in [0.1, 0.15) is 33.1 Å². The monoisotopic (exact) mass is 138 g/mol. The summed E-state index contributed by atoms with van der Waals surface area (Å²) in [4.78, 5) is 11.1. The molecule has 1 saturated carbocycles. The number of ketones is 1. The van der Waals surface area contributed by atoms with Gasteiger partial charge < -0.3 is 0 Å². The maximum Gasteiger partial charge on any atom is 0.158 e. The van der Waals surface area contributed by atoms with Gasteiger partial charge in [0.15, 0.2) is 5.78 Å². The minimum Gasteiger partial charge on any atom is -0.295 e. The van der Waals surface area contributed by atoms with Crippen molar-refractivity contribution < 1.29 is 4.79 Å². The first-order valence-electron chi connectivity index (χ1n) is 3.92. The lowest BCUT2D eigenvalue weighted by Crippen LogP contribution is -2.14. The summed E-state index contributed by atoms with van der Waals surface area (Å²) in [6, 6.07) is 0. The summed E-state index contributed by atoms with van der Waals surface area (Å²) >= 11 is 0. The molecule has 1 nitrogen and oxygen atoms in total. The summed E-state index contributed by atoms with van der Waals surface area (Å²) in [5.74, 6) is 1.07. The molecule has 0 saturated heterocycles. The normalized spacial score (nSPS) is 31.2. The average Bonchev–Trinajstić information content (AvgIpc) is 1.94. The van der Waals surface area contributed by atoms with E-state index in [2.05, 4.69) is 6.92 Å². The Bertz CT molecular complexity index is 168.